The van der Waals surface area contributed by atoms with E-state index in [9.17, 15) is 14.4 Å². The summed E-state index contributed by atoms with van der Waals surface area (Å²) < 4.78 is 16.5. The highest BCUT2D eigenvalue weighted by Crippen LogP contribution is 2.30. The molecule has 204 valence electrons. The molecule has 8 nitrogen and oxygen atoms in total. The molecular formula is C31H34N2O6. The third-order valence-corrected chi connectivity index (χ3v) is 6.36. The molecule has 1 aliphatic heterocycles. The maximum atomic E-state index is 12.6. The summed E-state index contributed by atoms with van der Waals surface area (Å²) >= 11 is 0. The van der Waals surface area contributed by atoms with Crippen LogP contribution in [0.15, 0.2) is 72.8 Å². The first kappa shape index (κ1) is 27.7. The molecule has 0 bridgehead atoms. The molecule has 0 radical (unpaired) electrons. The number of nitrogens with one attached hydrogen (secondary N) is 1. The topological polar surface area (TPSA) is 94.2 Å². The monoisotopic (exact) mass is 530 g/mol. The van der Waals surface area contributed by atoms with Crippen LogP contribution in [0, 0.1) is 5.92 Å². The van der Waals surface area contributed by atoms with Crippen molar-refractivity contribution in [1.82, 2.24) is 0 Å². The lowest BCUT2D eigenvalue weighted by molar-refractivity contribution is -0.151. The molecule has 3 aromatic rings. The highest BCUT2D eigenvalue weighted by molar-refractivity contribution is 6.00. The summed E-state index contributed by atoms with van der Waals surface area (Å²) in [6.45, 7) is 8.68. The van der Waals surface area contributed by atoms with Gasteiger partial charge in [0, 0.05) is 24.3 Å². The lowest BCUT2D eigenvalue weighted by Crippen LogP contribution is -2.28. The summed E-state index contributed by atoms with van der Waals surface area (Å²) in [7, 11) is 0. The van der Waals surface area contributed by atoms with Gasteiger partial charge in [0.25, 0.3) is 5.91 Å². The van der Waals surface area contributed by atoms with Crippen molar-refractivity contribution in [2.75, 3.05) is 30.0 Å². The minimum atomic E-state index is -0.645. The number of carbonyl (C=O) groups excluding carboxylic acids is 3. The molecule has 1 saturated heterocycles. The molecule has 8 heteroatoms. The lowest BCUT2D eigenvalue weighted by atomic mass is 9.87. The second kappa shape index (κ2) is 12.0. The molecule has 4 rings (SSSR count). The number of ether oxygens (including phenoxy) is 3. The normalized spacial score (nSPS) is 15.1. The Labute approximate surface area is 228 Å². The number of nitrogens with zero attached hydrogens (tertiary/aromatic N) is 1. The van der Waals surface area contributed by atoms with Crippen LogP contribution in [0.4, 0.5) is 11.4 Å². The van der Waals surface area contributed by atoms with Crippen molar-refractivity contribution >= 4 is 29.2 Å². The number of anilines is 2. The fraction of sp³-hybridized carbons (Fsp3) is 0.323. The van der Waals surface area contributed by atoms with E-state index in [4.69, 9.17) is 14.2 Å². The van der Waals surface area contributed by atoms with E-state index in [-0.39, 0.29) is 24.3 Å². The molecule has 0 saturated carbocycles. The average Bonchev–Trinajstić information content (AvgIpc) is 3.30. The van der Waals surface area contributed by atoms with Crippen molar-refractivity contribution in [2.45, 2.75) is 39.5 Å². The summed E-state index contributed by atoms with van der Waals surface area (Å²) in [6, 6.07) is 22.0. The molecule has 1 heterocycles. The molecular weight excluding hydrogens is 496 g/mol. The van der Waals surface area contributed by atoms with E-state index >= 15 is 0 Å². The Hall–Kier alpha value is -4.33. The first-order chi connectivity index (χ1) is 18.6. The maximum absolute atomic E-state index is 12.6. The lowest BCUT2D eigenvalue weighted by Gasteiger charge is -2.19. The van der Waals surface area contributed by atoms with Gasteiger partial charge < -0.3 is 24.4 Å². The number of hydrogen-bond acceptors (Lipinski definition) is 6. The number of hydrogen-bond donors (Lipinski definition) is 1. The second-order valence-corrected chi connectivity index (χ2v) is 10.4. The highest BCUT2D eigenvalue weighted by atomic mass is 16.5. The summed E-state index contributed by atoms with van der Waals surface area (Å²) in [5.74, 6) is 0.204. The molecule has 0 spiro atoms. The number of carbonyl (C=O) groups is 3. The Balaban J connectivity index is 1.26. The minimum absolute atomic E-state index is 0.0255. The fourth-order valence-electron chi connectivity index (χ4n) is 4.22. The Bertz CT molecular complexity index is 1290. The van der Waals surface area contributed by atoms with E-state index in [2.05, 4.69) is 38.2 Å². The number of amides is 2. The number of esters is 1. The van der Waals surface area contributed by atoms with Gasteiger partial charge in [-0.05, 0) is 78.6 Å². The SMILES string of the molecule is CCOc1ccc(NC(=O)COC(=O)[C@H]2CC(=O)N(c3ccc(Oc4ccc(C(C)(C)C)cc4)cc3)C2)cc1. The Morgan fingerprint density at radius 2 is 1.49 bits per heavy atom. The van der Waals surface area contributed by atoms with Gasteiger partial charge in [-0.15, -0.1) is 0 Å². The predicted octanol–water partition coefficient (Wildman–Crippen LogP) is 5.71. The largest absolute Gasteiger partial charge is 0.494 e. The number of benzene rings is 3. The van der Waals surface area contributed by atoms with E-state index in [1.54, 1.807) is 53.4 Å². The van der Waals surface area contributed by atoms with Crippen molar-refractivity contribution in [3.05, 3.63) is 78.4 Å². The van der Waals surface area contributed by atoms with Crippen LogP contribution >= 0.6 is 0 Å². The first-order valence-corrected chi connectivity index (χ1v) is 13.0. The average molecular weight is 531 g/mol. The second-order valence-electron chi connectivity index (χ2n) is 10.4. The zero-order valence-corrected chi connectivity index (χ0v) is 22.7. The molecule has 0 aromatic heterocycles. The highest BCUT2D eigenvalue weighted by Gasteiger charge is 2.36. The van der Waals surface area contributed by atoms with Crippen molar-refractivity contribution in [3.8, 4) is 17.2 Å². The van der Waals surface area contributed by atoms with Crippen molar-refractivity contribution < 1.29 is 28.6 Å². The summed E-state index contributed by atoms with van der Waals surface area (Å²) in [5, 5.41) is 2.67. The minimum Gasteiger partial charge on any atom is -0.494 e. The molecule has 39 heavy (non-hydrogen) atoms. The molecule has 0 aliphatic carbocycles. The molecule has 3 aromatic carbocycles. The van der Waals surface area contributed by atoms with Crippen molar-refractivity contribution in [2.24, 2.45) is 5.92 Å². The van der Waals surface area contributed by atoms with Gasteiger partial charge in [0.2, 0.25) is 5.91 Å². The summed E-state index contributed by atoms with van der Waals surface area (Å²) in [6.07, 6.45) is 0.0255. The van der Waals surface area contributed by atoms with Crippen molar-refractivity contribution in [1.29, 1.82) is 0 Å². The Morgan fingerprint density at radius 1 is 0.897 bits per heavy atom. The maximum Gasteiger partial charge on any atom is 0.311 e. The third kappa shape index (κ3) is 7.37. The molecule has 1 fully saturated rings. The van der Waals surface area contributed by atoms with Gasteiger partial charge in [0.15, 0.2) is 6.61 Å². The summed E-state index contributed by atoms with van der Waals surface area (Å²) in [5.41, 5.74) is 2.52. The molecule has 2 amide bonds. The predicted molar refractivity (Wildman–Crippen MR) is 149 cm³/mol. The fourth-order valence-corrected chi connectivity index (χ4v) is 4.22. The van der Waals surface area contributed by atoms with Crippen molar-refractivity contribution in [3.63, 3.8) is 0 Å². The van der Waals surface area contributed by atoms with Crippen LogP contribution in [0.3, 0.4) is 0 Å². The molecule has 1 atom stereocenters. The molecule has 1 N–H and O–H groups in total. The Kier molecular flexibility index (Phi) is 8.54. The zero-order chi connectivity index (χ0) is 28.0. The van der Waals surface area contributed by atoms with Crippen LogP contribution in [0.1, 0.15) is 39.7 Å². The van der Waals surface area contributed by atoms with E-state index in [1.165, 1.54) is 5.56 Å². The van der Waals surface area contributed by atoms with Gasteiger partial charge in [-0.25, -0.2) is 0 Å². The van der Waals surface area contributed by atoms with E-state index in [1.807, 2.05) is 19.1 Å². The summed E-state index contributed by atoms with van der Waals surface area (Å²) in [4.78, 5) is 39.0. The van der Waals surface area contributed by atoms with Gasteiger partial charge in [0.1, 0.15) is 17.2 Å². The van der Waals surface area contributed by atoms with Gasteiger partial charge in [-0.3, -0.25) is 14.4 Å². The van der Waals surface area contributed by atoms with Gasteiger partial charge in [-0.2, -0.15) is 0 Å². The van der Waals surface area contributed by atoms with Crippen LogP contribution < -0.4 is 19.7 Å². The molecule has 1 aliphatic rings. The standard InChI is InChI=1S/C31H34N2O6/c1-5-37-25-14-8-23(9-15-25)32-28(34)20-38-30(36)21-18-29(35)33(19-21)24-10-16-27(17-11-24)39-26-12-6-22(7-13-26)31(2,3)4/h6-17,21H,5,18-20H2,1-4H3,(H,32,34)/t21-/m0/s1. The third-order valence-electron chi connectivity index (χ3n) is 6.36. The zero-order valence-electron chi connectivity index (χ0n) is 22.7. The van der Waals surface area contributed by atoms with Gasteiger partial charge in [-0.1, -0.05) is 32.9 Å². The van der Waals surface area contributed by atoms with Crippen LogP contribution in [-0.4, -0.2) is 37.5 Å². The quantitative estimate of drug-likeness (QED) is 0.356. The van der Waals surface area contributed by atoms with E-state index < -0.39 is 24.4 Å². The van der Waals surface area contributed by atoms with Gasteiger partial charge in [0.05, 0.1) is 12.5 Å². The first-order valence-electron chi connectivity index (χ1n) is 13.0. The van der Waals surface area contributed by atoms with E-state index in [0.717, 1.165) is 5.75 Å². The van der Waals surface area contributed by atoms with Gasteiger partial charge >= 0.3 is 5.97 Å². The number of rotatable bonds is 9. The molecule has 0 unspecified atom stereocenters. The van der Waals surface area contributed by atoms with Crippen LogP contribution in [0.5, 0.6) is 17.2 Å². The van der Waals surface area contributed by atoms with Crippen LogP contribution in [0.25, 0.3) is 0 Å². The smallest absolute Gasteiger partial charge is 0.311 e. The van der Waals surface area contributed by atoms with E-state index in [0.29, 0.717) is 29.5 Å². The van der Waals surface area contributed by atoms with Crippen LogP contribution in [-0.2, 0) is 24.5 Å². The Morgan fingerprint density at radius 3 is 2.08 bits per heavy atom. The van der Waals surface area contributed by atoms with Crippen LogP contribution in [0.2, 0.25) is 0 Å².